The smallest absolute Gasteiger partial charge is 0.254 e. The Labute approximate surface area is 107 Å². The highest BCUT2D eigenvalue weighted by atomic mass is 19.1. The van der Waals surface area contributed by atoms with Crippen LogP contribution in [0.5, 0.6) is 5.75 Å². The molecule has 0 saturated carbocycles. The van der Waals surface area contributed by atoms with Gasteiger partial charge in [0.25, 0.3) is 5.91 Å². The third kappa shape index (κ3) is 3.45. The van der Waals surface area contributed by atoms with Crippen molar-refractivity contribution in [1.82, 2.24) is 5.32 Å². The molecule has 1 amide bonds. The van der Waals surface area contributed by atoms with Crippen molar-refractivity contribution in [1.29, 1.82) is 0 Å². The van der Waals surface area contributed by atoms with Crippen LogP contribution < -0.4 is 5.32 Å². The Morgan fingerprint density at radius 3 is 2.50 bits per heavy atom. The van der Waals surface area contributed by atoms with Crippen LogP contribution in [0.3, 0.4) is 0 Å². The van der Waals surface area contributed by atoms with Crippen molar-refractivity contribution >= 4 is 5.91 Å². The third-order valence-electron chi connectivity index (χ3n) is 3.31. The van der Waals surface area contributed by atoms with Crippen LogP contribution in [0.15, 0.2) is 18.2 Å². The van der Waals surface area contributed by atoms with Gasteiger partial charge in [0.15, 0.2) is 0 Å². The normalized spacial score (nSPS) is 12.5. The molecule has 1 atom stereocenters. The molecule has 1 aromatic carbocycles. The zero-order valence-electron chi connectivity index (χ0n) is 11.0. The molecule has 1 aromatic rings. The molecule has 18 heavy (non-hydrogen) atoms. The van der Waals surface area contributed by atoms with E-state index in [0.717, 1.165) is 18.9 Å². The molecule has 0 fully saturated rings. The summed E-state index contributed by atoms with van der Waals surface area (Å²) in [7, 11) is 0. The van der Waals surface area contributed by atoms with Gasteiger partial charge in [0.05, 0.1) is 5.56 Å². The predicted molar refractivity (Wildman–Crippen MR) is 69.1 cm³/mol. The van der Waals surface area contributed by atoms with E-state index < -0.39 is 11.7 Å². The number of carbonyl (C=O) groups excluding carboxylic acids is 1. The van der Waals surface area contributed by atoms with Gasteiger partial charge in [0.1, 0.15) is 11.6 Å². The Kier molecular flexibility index (Phi) is 5.13. The number of phenolic OH excluding ortho intramolecular Hbond substituents is 1. The van der Waals surface area contributed by atoms with Crippen LogP contribution in [-0.2, 0) is 0 Å². The standard InChI is InChI=1S/C14H20FNO2/c1-4-10(5-2)9(3)16-14(18)12-7-6-11(17)8-13(12)15/h6-10,17H,4-5H2,1-3H3,(H,16,18). The van der Waals surface area contributed by atoms with Crippen molar-refractivity contribution in [2.75, 3.05) is 0 Å². The molecule has 0 bridgehead atoms. The lowest BCUT2D eigenvalue weighted by molar-refractivity contribution is 0.0921. The number of rotatable bonds is 5. The van der Waals surface area contributed by atoms with Crippen molar-refractivity contribution in [3.8, 4) is 5.75 Å². The monoisotopic (exact) mass is 253 g/mol. The van der Waals surface area contributed by atoms with Crippen LogP contribution in [0.2, 0.25) is 0 Å². The molecule has 4 heteroatoms. The largest absolute Gasteiger partial charge is 0.508 e. The van der Waals surface area contributed by atoms with E-state index in [1.807, 2.05) is 6.92 Å². The SMILES string of the molecule is CCC(CC)C(C)NC(=O)c1ccc(O)cc1F. The summed E-state index contributed by atoms with van der Waals surface area (Å²) in [5.41, 5.74) is -0.0365. The molecule has 0 radical (unpaired) electrons. The van der Waals surface area contributed by atoms with Crippen LogP contribution in [-0.4, -0.2) is 17.1 Å². The Morgan fingerprint density at radius 2 is 2.00 bits per heavy atom. The highest BCUT2D eigenvalue weighted by Gasteiger charge is 2.18. The first kappa shape index (κ1) is 14.5. The number of hydrogen-bond donors (Lipinski definition) is 2. The average Bonchev–Trinajstić information content (AvgIpc) is 2.30. The van der Waals surface area contributed by atoms with Gasteiger partial charge in [-0.25, -0.2) is 4.39 Å². The number of benzene rings is 1. The first-order valence-electron chi connectivity index (χ1n) is 6.28. The van der Waals surface area contributed by atoms with Crippen LogP contribution in [0, 0.1) is 11.7 Å². The molecule has 0 spiro atoms. The number of phenols is 1. The predicted octanol–water partition coefficient (Wildman–Crippen LogP) is 3.09. The van der Waals surface area contributed by atoms with E-state index in [0.29, 0.717) is 5.92 Å². The summed E-state index contributed by atoms with van der Waals surface area (Å²) >= 11 is 0. The summed E-state index contributed by atoms with van der Waals surface area (Å²) in [5, 5.41) is 11.9. The highest BCUT2D eigenvalue weighted by molar-refractivity contribution is 5.94. The van der Waals surface area contributed by atoms with Crippen LogP contribution in [0.4, 0.5) is 4.39 Å². The average molecular weight is 253 g/mol. The van der Waals surface area contributed by atoms with Gasteiger partial charge >= 0.3 is 0 Å². The minimum absolute atomic E-state index is 0.000651. The molecule has 0 heterocycles. The molecule has 0 saturated heterocycles. The van der Waals surface area contributed by atoms with E-state index in [-0.39, 0.29) is 17.4 Å². The van der Waals surface area contributed by atoms with Gasteiger partial charge in [-0.2, -0.15) is 0 Å². The van der Waals surface area contributed by atoms with E-state index in [2.05, 4.69) is 19.2 Å². The molecule has 1 unspecified atom stereocenters. The Morgan fingerprint density at radius 1 is 1.39 bits per heavy atom. The van der Waals surface area contributed by atoms with E-state index in [1.165, 1.54) is 12.1 Å². The molecule has 0 aliphatic heterocycles. The van der Waals surface area contributed by atoms with Crippen LogP contribution in [0.25, 0.3) is 0 Å². The topological polar surface area (TPSA) is 49.3 Å². The second-order valence-electron chi connectivity index (χ2n) is 4.50. The van der Waals surface area contributed by atoms with Crippen molar-refractivity contribution in [2.45, 2.75) is 39.7 Å². The maximum Gasteiger partial charge on any atom is 0.254 e. The number of carbonyl (C=O) groups is 1. The second kappa shape index (κ2) is 6.38. The fourth-order valence-electron chi connectivity index (χ4n) is 2.09. The van der Waals surface area contributed by atoms with Crippen molar-refractivity contribution < 1.29 is 14.3 Å². The van der Waals surface area contributed by atoms with Gasteiger partial charge in [-0.1, -0.05) is 26.7 Å². The van der Waals surface area contributed by atoms with Gasteiger partial charge in [-0.15, -0.1) is 0 Å². The first-order chi connectivity index (χ1) is 8.49. The maximum atomic E-state index is 13.5. The van der Waals surface area contributed by atoms with Crippen LogP contribution in [0.1, 0.15) is 44.0 Å². The number of amides is 1. The van der Waals surface area contributed by atoms with Gasteiger partial charge in [-0.3, -0.25) is 4.79 Å². The summed E-state index contributed by atoms with van der Waals surface area (Å²) in [6, 6.07) is 3.54. The van der Waals surface area contributed by atoms with E-state index in [4.69, 9.17) is 5.11 Å². The zero-order valence-corrected chi connectivity index (χ0v) is 11.0. The lowest BCUT2D eigenvalue weighted by Gasteiger charge is -2.22. The number of nitrogens with one attached hydrogen (secondary N) is 1. The molecule has 100 valence electrons. The molecule has 0 aliphatic rings. The van der Waals surface area contributed by atoms with Crippen LogP contribution >= 0.6 is 0 Å². The minimum Gasteiger partial charge on any atom is -0.508 e. The van der Waals surface area contributed by atoms with Gasteiger partial charge in [-0.05, 0) is 25.0 Å². The lowest BCUT2D eigenvalue weighted by Crippen LogP contribution is -2.38. The Hall–Kier alpha value is -1.58. The second-order valence-corrected chi connectivity index (χ2v) is 4.50. The minimum atomic E-state index is -0.704. The van der Waals surface area contributed by atoms with Gasteiger partial charge in [0, 0.05) is 12.1 Å². The molecule has 0 aromatic heterocycles. The number of halogens is 1. The maximum absolute atomic E-state index is 13.5. The molecular formula is C14H20FNO2. The van der Waals surface area contributed by atoms with Crippen molar-refractivity contribution in [2.24, 2.45) is 5.92 Å². The molecular weight excluding hydrogens is 233 g/mol. The Balaban J connectivity index is 2.76. The molecule has 3 nitrogen and oxygen atoms in total. The lowest BCUT2D eigenvalue weighted by atomic mass is 9.95. The highest BCUT2D eigenvalue weighted by Crippen LogP contribution is 2.17. The van der Waals surface area contributed by atoms with E-state index in [9.17, 15) is 9.18 Å². The summed E-state index contributed by atoms with van der Waals surface area (Å²) < 4.78 is 13.5. The van der Waals surface area contributed by atoms with Crippen molar-refractivity contribution in [3.63, 3.8) is 0 Å². The fourth-order valence-corrected chi connectivity index (χ4v) is 2.09. The van der Waals surface area contributed by atoms with Gasteiger partial charge < -0.3 is 10.4 Å². The summed E-state index contributed by atoms with van der Waals surface area (Å²) in [4.78, 5) is 11.9. The number of aromatic hydroxyl groups is 1. The quantitative estimate of drug-likeness (QED) is 0.847. The molecule has 1 rings (SSSR count). The zero-order chi connectivity index (χ0) is 13.7. The number of hydrogen-bond acceptors (Lipinski definition) is 2. The van der Waals surface area contributed by atoms with Crippen molar-refractivity contribution in [3.05, 3.63) is 29.6 Å². The van der Waals surface area contributed by atoms with E-state index in [1.54, 1.807) is 0 Å². The Bertz CT molecular complexity index is 416. The summed E-state index contributed by atoms with van der Waals surface area (Å²) in [6.45, 7) is 6.06. The molecule has 0 aliphatic carbocycles. The first-order valence-corrected chi connectivity index (χ1v) is 6.28. The van der Waals surface area contributed by atoms with E-state index >= 15 is 0 Å². The third-order valence-corrected chi connectivity index (χ3v) is 3.31. The van der Waals surface area contributed by atoms with Gasteiger partial charge in [0.2, 0.25) is 0 Å². The fraction of sp³-hybridized carbons (Fsp3) is 0.500. The molecule has 2 N–H and O–H groups in total. The summed E-state index contributed by atoms with van der Waals surface area (Å²) in [5.74, 6) is -0.942. The summed E-state index contributed by atoms with van der Waals surface area (Å²) in [6.07, 6.45) is 1.94.